The van der Waals surface area contributed by atoms with Crippen molar-refractivity contribution in [1.82, 2.24) is 0 Å². The van der Waals surface area contributed by atoms with Gasteiger partial charge in [0.1, 0.15) is 5.60 Å². The van der Waals surface area contributed by atoms with Crippen LogP contribution in [0.25, 0.3) is 0 Å². The number of carbonyl (C=O) groups is 3. The maximum absolute atomic E-state index is 12.3. The normalized spacial score (nSPS) is 13.8. The minimum absolute atomic E-state index is 0. The Hall–Kier alpha value is 1.28. The summed E-state index contributed by atoms with van der Waals surface area (Å²) in [6.45, 7) is 3.99. The molecular formula is C22H37Na3O10S. The standard InChI is InChI=1S/C22H40O10S.3Na/c1-3-5-7-9-11-13-15-21(19(25)26,16-14-12-10-8-6-4-2)22(29,20(27)28)17(18(23)24)33(30,31)32;;;/h17,29H,3-16H2,1-2H3,(H,23,24)(H,25,26)(H,27,28)(H,30,31,32);;;/q;3*+1/p-3. The first kappa shape index (κ1) is 44.3. The van der Waals surface area contributed by atoms with Gasteiger partial charge in [-0.1, -0.05) is 90.9 Å². The van der Waals surface area contributed by atoms with Crippen LogP contribution in [0.5, 0.6) is 0 Å². The van der Waals surface area contributed by atoms with E-state index in [1.165, 1.54) is 0 Å². The van der Waals surface area contributed by atoms with E-state index in [2.05, 4.69) is 0 Å². The second-order valence-electron chi connectivity index (χ2n) is 8.67. The van der Waals surface area contributed by atoms with E-state index in [-0.39, 0.29) is 102 Å². The van der Waals surface area contributed by atoms with E-state index < -0.39 is 57.1 Å². The fraction of sp³-hybridized carbons (Fsp3) is 0.864. The topological polar surface area (TPSA) is 195 Å². The second-order valence-corrected chi connectivity index (χ2v) is 10.2. The number of hydrogen-bond donors (Lipinski definition) is 2. The number of aliphatic carboxylic acids is 3. The van der Waals surface area contributed by atoms with Crippen LogP contribution in [0.1, 0.15) is 104 Å². The molecule has 0 spiro atoms. The number of carbonyl (C=O) groups excluding carboxylic acids is 3. The van der Waals surface area contributed by atoms with Gasteiger partial charge in [0.25, 0.3) is 10.1 Å². The number of unbranched alkanes of at least 4 members (excludes halogenated alkanes) is 10. The third-order valence-electron chi connectivity index (χ3n) is 6.24. The fourth-order valence-electron chi connectivity index (χ4n) is 4.34. The van der Waals surface area contributed by atoms with E-state index in [0.29, 0.717) is 25.7 Å². The Morgan fingerprint density at radius 3 is 1.28 bits per heavy atom. The molecule has 0 aliphatic heterocycles. The Labute approximate surface area is 281 Å². The zero-order valence-electron chi connectivity index (χ0n) is 22.5. The summed E-state index contributed by atoms with van der Waals surface area (Å²) in [5.74, 6) is -7.41. The SMILES string of the molecule is CCCCCCCCC(CCCCCCCC)(C(=O)[O-])C(O)(C(=O)[O-])C(C(=O)[O-])S(=O)(=O)O.[Na+].[Na+].[Na+]. The first-order chi connectivity index (χ1) is 15.3. The molecule has 0 bridgehead atoms. The van der Waals surface area contributed by atoms with Crippen molar-refractivity contribution in [3.05, 3.63) is 0 Å². The van der Waals surface area contributed by atoms with Gasteiger partial charge >= 0.3 is 88.7 Å². The molecule has 36 heavy (non-hydrogen) atoms. The molecule has 2 N–H and O–H groups in total. The van der Waals surface area contributed by atoms with Gasteiger partial charge in [-0.3, -0.25) is 4.55 Å². The summed E-state index contributed by atoms with van der Waals surface area (Å²) in [6.07, 6.45) is 6.67. The number of aliphatic hydroxyl groups is 1. The maximum Gasteiger partial charge on any atom is 1.00 e. The molecule has 0 saturated heterocycles. The molecule has 0 heterocycles. The summed E-state index contributed by atoms with van der Waals surface area (Å²) in [5, 5.41) is 43.4. The van der Waals surface area contributed by atoms with Gasteiger partial charge in [0.05, 0.1) is 17.9 Å². The summed E-state index contributed by atoms with van der Waals surface area (Å²) >= 11 is 0. The van der Waals surface area contributed by atoms with E-state index >= 15 is 0 Å². The van der Waals surface area contributed by atoms with Gasteiger partial charge in [-0.25, -0.2) is 0 Å². The minimum atomic E-state index is -5.79. The van der Waals surface area contributed by atoms with Crippen LogP contribution in [0.3, 0.4) is 0 Å². The summed E-state index contributed by atoms with van der Waals surface area (Å²) in [7, 11) is -5.79. The van der Waals surface area contributed by atoms with Gasteiger partial charge in [-0.05, 0) is 12.8 Å². The van der Waals surface area contributed by atoms with Gasteiger partial charge in [0, 0.05) is 5.41 Å². The van der Waals surface area contributed by atoms with Crippen LogP contribution in [0, 0.1) is 5.41 Å². The first-order valence-corrected chi connectivity index (χ1v) is 13.2. The van der Waals surface area contributed by atoms with Gasteiger partial charge in [-0.2, -0.15) is 8.42 Å². The van der Waals surface area contributed by atoms with Crippen molar-refractivity contribution >= 4 is 28.0 Å². The largest absolute Gasteiger partial charge is 1.00 e. The molecule has 0 aromatic rings. The van der Waals surface area contributed by atoms with Crippen molar-refractivity contribution in [3.8, 4) is 0 Å². The molecular weight excluding hydrogens is 525 g/mol. The van der Waals surface area contributed by atoms with Gasteiger partial charge < -0.3 is 34.8 Å². The van der Waals surface area contributed by atoms with Crippen molar-refractivity contribution in [3.63, 3.8) is 0 Å². The molecule has 0 aliphatic carbocycles. The van der Waals surface area contributed by atoms with Crippen LogP contribution >= 0.6 is 0 Å². The van der Waals surface area contributed by atoms with Crippen LogP contribution in [0.4, 0.5) is 0 Å². The molecule has 2 unspecified atom stereocenters. The van der Waals surface area contributed by atoms with Crippen LogP contribution < -0.4 is 104 Å². The van der Waals surface area contributed by atoms with Gasteiger partial charge in [0.2, 0.25) is 0 Å². The van der Waals surface area contributed by atoms with Crippen LogP contribution in [-0.4, -0.2) is 46.8 Å². The second kappa shape index (κ2) is 22.0. The molecule has 194 valence electrons. The van der Waals surface area contributed by atoms with Crippen molar-refractivity contribution in [2.75, 3.05) is 0 Å². The molecule has 0 amide bonds. The Kier molecular flexibility index (Phi) is 27.1. The van der Waals surface area contributed by atoms with Crippen molar-refractivity contribution in [2.45, 2.75) is 115 Å². The molecule has 0 aromatic carbocycles. The van der Waals surface area contributed by atoms with Gasteiger partial charge in [0.15, 0.2) is 5.25 Å². The average molecular weight is 563 g/mol. The molecule has 2 atom stereocenters. The smallest absolute Gasteiger partial charge is 0.549 e. The molecule has 0 aromatic heterocycles. The zero-order chi connectivity index (χ0) is 25.7. The molecule has 0 aliphatic rings. The van der Waals surface area contributed by atoms with E-state index in [4.69, 9.17) is 0 Å². The number of carboxylic acid groups (broad SMARTS) is 3. The molecule has 0 rings (SSSR count). The fourth-order valence-corrected chi connectivity index (χ4v) is 5.34. The predicted octanol–water partition coefficient (Wildman–Crippen LogP) is -9.28. The number of hydrogen-bond acceptors (Lipinski definition) is 9. The molecule has 14 heteroatoms. The minimum Gasteiger partial charge on any atom is -0.549 e. The van der Waals surface area contributed by atoms with Crippen molar-refractivity contribution in [2.24, 2.45) is 5.41 Å². The van der Waals surface area contributed by atoms with Gasteiger partial charge in [-0.15, -0.1) is 0 Å². The number of carboxylic acids is 3. The molecule has 0 saturated carbocycles. The summed E-state index contributed by atoms with van der Waals surface area (Å²) in [5.41, 5.74) is -6.84. The number of rotatable bonds is 20. The van der Waals surface area contributed by atoms with Crippen LogP contribution in [-0.2, 0) is 24.5 Å². The Bertz CT molecular complexity index is 732. The van der Waals surface area contributed by atoms with Crippen LogP contribution in [0.15, 0.2) is 0 Å². The monoisotopic (exact) mass is 562 g/mol. The summed E-state index contributed by atoms with van der Waals surface area (Å²) in [6, 6.07) is 0. The van der Waals surface area contributed by atoms with E-state index in [1.807, 2.05) is 13.8 Å². The first-order valence-electron chi connectivity index (χ1n) is 11.6. The van der Waals surface area contributed by atoms with Crippen molar-refractivity contribution < 1.29 is 136 Å². The van der Waals surface area contributed by atoms with E-state index in [1.54, 1.807) is 0 Å². The summed E-state index contributed by atoms with van der Waals surface area (Å²) in [4.78, 5) is 35.8. The maximum atomic E-state index is 12.3. The third kappa shape index (κ3) is 13.1. The summed E-state index contributed by atoms with van der Waals surface area (Å²) < 4.78 is 32.9. The van der Waals surface area contributed by atoms with Crippen molar-refractivity contribution in [1.29, 1.82) is 0 Å². The Morgan fingerprint density at radius 2 is 1.03 bits per heavy atom. The zero-order valence-corrected chi connectivity index (χ0v) is 29.4. The van der Waals surface area contributed by atoms with E-state index in [9.17, 15) is 47.8 Å². The third-order valence-corrected chi connectivity index (χ3v) is 7.37. The molecule has 0 fully saturated rings. The average Bonchev–Trinajstić information content (AvgIpc) is 2.69. The van der Waals surface area contributed by atoms with Crippen LogP contribution in [0.2, 0.25) is 0 Å². The molecule has 10 nitrogen and oxygen atoms in total. The Morgan fingerprint density at radius 1 is 0.694 bits per heavy atom. The Balaban J connectivity index is -0.00000171. The predicted molar refractivity (Wildman–Crippen MR) is 114 cm³/mol. The van der Waals surface area contributed by atoms with E-state index in [0.717, 1.165) is 38.5 Å². The molecule has 0 radical (unpaired) electrons. The quantitative estimate of drug-likeness (QED) is 0.0817.